The third kappa shape index (κ3) is 3.92. The molecule has 0 saturated carbocycles. The zero-order valence-electron chi connectivity index (χ0n) is 18.2. The van der Waals surface area contributed by atoms with Crippen molar-refractivity contribution in [2.45, 2.75) is 37.0 Å². The van der Waals surface area contributed by atoms with Crippen LogP contribution in [0.2, 0.25) is 0 Å². The zero-order chi connectivity index (χ0) is 23.2. The van der Waals surface area contributed by atoms with Gasteiger partial charge in [0, 0.05) is 25.1 Å². The van der Waals surface area contributed by atoms with Gasteiger partial charge in [-0.25, -0.2) is 26.5 Å². The second-order valence-corrected chi connectivity index (χ2v) is 10.6. The van der Waals surface area contributed by atoms with E-state index in [4.69, 9.17) is 10.5 Å². The van der Waals surface area contributed by atoms with Crippen molar-refractivity contribution in [3.8, 4) is 0 Å². The molecule has 0 aliphatic carbocycles. The molecule has 1 aliphatic heterocycles. The summed E-state index contributed by atoms with van der Waals surface area (Å²) in [5.41, 5.74) is 5.07. The van der Waals surface area contributed by atoms with Crippen LogP contribution in [0.5, 0.6) is 0 Å². The van der Waals surface area contributed by atoms with E-state index in [1.54, 1.807) is 19.2 Å². The van der Waals surface area contributed by atoms with Crippen LogP contribution in [0, 0.1) is 11.6 Å². The summed E-state index contributed by atoms with van der Waals surface area (Å²) in [6.45, 7) is 5.95. The smallest absolute Gasteiger partial charge is 0.247 e. The minimum absolute atomic E-state index is 0.180. The monoisotopic (exact) mass is 451 g/mol. The SMILES string of the molecule is COCC(C)(C)c1ccc([C@@H]2[C@@](C)(c3cc(F)ccc3F)N=C(N)N(C)S2(=O)=O)cc1. The fraction of sp³-hybridized carbons (Fsp3) is 0.409. The number of nitrogens with two attached hydrogens (primary N) is 1. The Bertz CT molecular complexity index is 1120. The largest absolute Gasteiger partial charge is 0.384 e. The van der Waals surface area contributed by atoms with Gasteiger partial charge in [-0.3, -0.25) is 0 Å². The molecular formula is C22H27F2N3O3S. The highest BCUT2D eigenvalue weighted by atomic mass is 32.2. The van der Waals surface area contributed by atoms with Gasteiger partial charge in [0.15, 0.2) is 0 Å². The van der Waals surface area contributed by atoms with Gasteiger partial charge in [0.2, 0.25) is 16.0 Å². The van der Waals surface area contributed by atoms with Crippen molar-refractivity contribution < 1.29 is 21.9 Å². The molecular weight excluding hydrogens is 424 g/mol. The van der Waals surface area contributed by atoms with Gasteiger partial charge in [-0.05, 0) is 36.2 Å². The number of rotatable bonds is 5. The maximum absolute atomic E-state index is 14.8. The summed E-state index contributed by atoms with van der Waals surface area (Å²) in [4.78, 5) is 4.34. The topological polar surface area (TPSA) is 85.0 Å². The van der Waals surface area contributed by atoms with Gasteiger partial charge in [0.05, 0.1) is 6.61 Å². The maximum Gasteiger partial charge on any atom is 0.247 e. The third-order valence-corrected chi connectivity index (χ3v) is 8.11. The van der Waals surface area contributed by atoms with E-state index in [-0.39, 0.29) is 16.9 Å². The summed E-state index contributed by atoms with van der Waals surface area (Å²) >= 11 is 0. The standard InChI is InChI=1S/C22H27F2N3O3S/c1-21(2,13-30-5)15-8-6-14(7-9-15)19-22(3,17-12-16(23)10-11-18(17)24)26-20(25)27(4)31(19,28)29/h6-12,19H,13H2,1-5H3,(H2,25,26)/t19-,22-/m1/s1. The molecule has 2 aromatic carbocycles. The molecule has 2 atom stereocenters. The van der Waals surface area contributed by atoms with Crippen LogP contribution in [0.3, 0.4) is 0 Å². The number of halogens is 2. The molecule has 0 aromatic heterocycles. The number of benzene rings is 2. The highest BCUT2D eigenvalue weighted by Gasteiger charge is 2.52. The molecule has 9 heteroatoms. The first-order valence-electron chi connectivity index (χ1n) is 9.72. The summed E-state index contributed by atoms with van der Waals surface area (Å²) < 4.78 is 61.8. The first-order valence-corrected chi connectivity index (χ1v) is 11.2. The van der Waals surface area contributed by atoms with Crippen molar-refractivity contribution in [3.63, 3.8) is 0 Å². The molecule has 0 radical (unpaired) electrons. The fourth-order valence-electron chi connectivity index (χ4n) is 4.08. The summed E-state index contributed by atoms with van der Waals surface area (Å²) in [6, 6.07) is 9.88. The molecule has 1 heterocycles. The Morgan fingerprint density at radius 1 is 1.19 bits per heavy atom. The maximum atomic E-state index is 14.8. The first kappa shape index (κ1) is 23.1. The Balaban J connectivity index is 2.23. The van der Waals surface area contributed by atoms with E-state index in [1.807, 2.05) is 26.0 Å². The van der Waals surface area contributed by atoms with Crippen molar-refractivity contribution in [1.82, 2.24) is 4.31 Å². The van der Waals surface area contributed by atoms with Crippen LogP contribution in [-0.4, -0.2) is 39.4 Å². The number of hydrogen-bond donors (Lipinski definition) is 1. The van der Waals surface area contributed by atoms with Gasteiger partial charge >= 0.3 is 0 Å². The predicted octanol–water partition coefficient (Wildman–Crippen LogP) is 3.44. The first-order chi connectivity index (χ1) is 14.3. The van der Waals surface area contributed by atoms with E-state index in [2.05, 4.69) is 4.99 Å². The predicted molar refractivity (Wildman–Crippen MR) is 116 cm³/mol. The van der Waals surface area contributed by atoms with Crippen LogP contribution in [0.1, 0.15) is 42.7 Å². The summed E-state index contributed by atoms with van der Waals surface area (Å²) in [5.74, 6) is -1.75. The summed E-state index contributed by atoms with van der Waals surface area (Å²) in [7, 11) is -1.18. The molecule has 3 rings (SSSR count). The normalized spacial score (nSPS) is 23.5. The Hall–Kier alpha value is -2.52. The molecule has 0 saturated heterocycles. The molecule has 0 amide bonds. The number of aliphatic imine (C=N–C) groups is 1. The Labute approximate surface area is 181 Å². The molecule has 31 heavy (non-hydrogen) atoms. The van der Waals surface area contributed by atoms with Gasteiger partial charge < -0.3 is 10.5 Å². The summed E-state index contributed by atoms with van der Waals surface area (Å²) in [5, 5.41) is -1.31. The van der Waals surface area contributed by atoms with Crippen LogP contribution in [0.4, 0.5) is 8.78 Å². The molecule has 0 unspecified atom stereocenters. The van der Waals surface area contributed by atoms with Crippen molar-refractivity contribution >= 4 is 16.0 Å². The minimum Gasteiger partial charge on any atom is -0.384 e. The van der Waals surface area contributed by atoms with E-state index in [0.29, 0.717) is 12.2 Å². The second-order valence-electron chi connectivity index (χ2n) is 8.57. The molecule has 0 spiro atoms. The molecule has 2 aromatic rings. The lowest BCUT2D eigenvalue weighted by molar-refractivity contribution is 0.146. The molecule has 0 bridgehead atoms. The zero-order valence-corrected chi connectivity index (χ0v) is 19.0. The van der Waals surface area contributed by atoms with Crippen LogP contribution >= 0.6 is 0 Å². The minimum atomic E-state index is -4.08. The van der Waals surface area contributed by atoms with Crippen molar-refractivity contribution in [2.75, 3.05) is 20.8 Å². The van der Waals surface area contributed by atoms with E-state index < -0.39 is 32.4 Å². The van der Waals surface area contributed by atoms with Crippen LogP contribution < -0.4 is 5.73 Å². The third-order valence-electron chi connectivity index (χ3n) is 5.83. The van der Waals surface area contributed by atoms with Crippen molar-refractivity contribution in [2.24, 2.45) is 10.7 Å². The Morgan fingerprint density at radius 2 is 1.81 bits per heavy atom. The van der Waals surface area contributed by atoms with Crippen molar-refractivity contribution in [3.05, 3.63) is 70.8 Å². The number of ether oxygens (including phenoxy) is 1. The quantitative estimate of drug-likeness (QED) is 0.755. The van der Waals surface area contributed by atoms with E-state index in [1.165, 1.54) is 14.0 Å². The molecule has 0 fully saturated rings. The number of hydrogen-bond acceptors (Lipinski definition) is 5. The average molecular weight is 452 g/mol. The highest BCUT2D eigenvalue weighted by molar-refractivity contribution is 7.90. The van der Waals surface area contributed by atoms with Gasteiger partial charge in [-0.1, -0.05) is 38.1 Å². The number of methoxy groups -OCH3 is 1. The molecule has 168 valence electrons. The Kier molecular flexibility index (Phi) is 5.88. The van der Waals surface area contributed by atoms with Crippen LogP contribution in [0.15, 0.2) is 47.5 Å². The van der Waals surface area contributed by atoms with Crippen LogP contribution in [-0.2, 0) is 25.7 Å². The van der Waals surface area contributed by atoms with E-state index in [0.717, 1.165) is 28.1 Å². The van der Waals surface area contributed by atoms with Gasteiger partial charge in [-0.2, -0.15) is 0 Å². The van der Waals surface area contributed by atoms with Gasteiger partial charge in [0.25, 0.3) is 0 Å². The second kappa shape index (κ2) is 7.87. The van der Waals surface area contributed by atoms with Gasteiger partial charge in [-0.15, -0.1) is 0 Å². The Morgan fingerprint density at radius 3 is 2.39 bits per heavy atom. The highest BCUT2D eigenvalue weighted by Crippen LogP contribution is 2.48. The van der Waals surface area contributed by atoms with E-state index >= 15 is 0 Å². The fourth-order valence-corrected chi connectivity index (χ4v) is 5.96. The lowest BCUT2D eigenvalue weighted by Crippen LogP contribution is -2.52. The summed E-state index contributed by atoms with van der Waals surface area (Å²) in [6.07, 6.45) is 0. The number of nitrogens with zero attached hydrogens (tertiary/aromatic N) is 2. The average Bonchev–Trinajstić information content (AvgIpc) is 2.68. The van der Waals surface area contributed by atoms with Gasteiger partial charge in [0.1, 0.15) is 22.4 Å². The lowest BCUT2D eigenvalue weighted by Gasteiger charge is -2.41. The molecule has 2 N–H and O–H groups in total. The number of sulfonamides is 1. The van der Waals surface area contributed by atoms with Crippen LogP contribution in [0.25, 0.3) is 0 Å². The lowest BCUT2D eigenvalue weighted by atomic mass is 9.82. The van der Waals surface area contributed by atoms with E-state index in [9.17, 15) is 17.2 Å². The molecule has 6 nitrogen and oxygen atoms in total. The molecule has 1 aliphatic rings. The van der Waals surface area contributed by atoms with Crippen molar-refractivity contribution in [1.29, 1.82) is 0 Å². The number of guanidine groups is 1.